The number of nitrogens with one attached hydrogen (secondary N) is 2. The van der Waals surface area contributed by atoms with Crippen LogP contribution in [0.4, 0.5) is 19.0 Å². The van der Waals surface area contributed by atoms with E-state index in [2.05, 4.69) is 20.4 Å². The van der Waals surface area contributed by atoms with Crippen molar-refractivity contribution in [1.82, 2.24) is 19.7 Å². The molecule has 156 valence electrons. The van der Waals surface area contributed by atoms with Crippen LogP contribution in [0.15, 0.2) is 47.7 Å². The maximum absolute atomic E-state index is 13.5. The zero-order chi connectivity index (χ0) is 21.6. The van der Waals surface area contributed by atoms with Gasteiger partial charge in [-0.05, 0) is 29.7 Å². The molecule has 0 saturated carbocycles. The molecule has 6 nitrogen and oxygen atoms in total. The van der Waals surface area contributed by atoms with Crippen molar-refractivity contribution in [2.24, 2.45) is 13.0 Å². The van der Waals surface area contributed by atoms with Gasteiger partial charge in [0.25, 0.3) is 5.56 Å². The number of aromatic nitrogens is 4. The van der Waals surface area contributed by atoms with Gasteiger partial charge < -0.3 is 10.3 Å². The van der Waals surface area contributed by atoms with Gasteiger partial charge in [-0.1, -0.05) is 19.9 Å². The Morgan fingerprint density at radius 1 is 1.13 bits per heavy atom. The highest BCUT2D eigenvalue weighted by molar-refractivity contribution is 6.10. The molecule has 0 aliphatic rings. The lowest BCUT2D eigenvalue weighted by Crippen LogP contribution is -2.40. The zero-order valence-electron chi connectivity index (χ0n) is 16.6. The molecule has 0 unspecified atom stereocenters. The predicted molar refractivity (Wildman–Crippen MR) is 110 cm³/mol. The number of rotatable bonds is 4. The third-order valence-corrected chi connectivity index (χ3v) is 5.06. The van der Waals surface area contributed by atoms with Crippen LogP contribution in [0.5, 0.6) is 0 Å². The molecule has 0 aliphatic carbocycles. The van der Waals surface area contributed by atoms with Crippen LogP contribution in [-0.4, -0.2) is 32.0 Å². The number of nitrogens with zero attached hydrogens (tertiary/aromatic N) is 3. The number of H-pyrrole nitrogens is 1. The molecule has 0 fully saturated rings. The largest absolute Gasteiger partial charge is 0.408 e. The molecule has 1 aromatic carbocycles. The summed E-state index contributed by atoms with van der Waals surface area (Å²) in [5, 5.41) is 7.88. The molecule has 0 aliphatic heterocycles. The van der Waals surface area contributed by atoms with Crippen molar-refractivity contribution in [1.29, 1.82) is 0 Å². The Balaban J connectivity index is 1.95. The summed E-state index contributed by atoms with van der Waals surface area (Å²) in [6, 6.07) is 5.09. The number of fused-ring (bicyclic) bond motifs is 3. The predicted octanol–water partition coefficient (Wildman–Crippen LogP) is 4.48. The summed E-state index contributed by atoms with van der Waals surface area (Å²) in [4.78, 5) is 19.7. The average Bonchev–Trinajstić information content (AvgIpc) is 3.10. The third-order valence-electron chi connectivity index (χ3n) is 5.06. The summed E-state index contributed by atoms with van der Waals surface area (Å²) in [7, 11) is 1.80. The molecule has 2 N–H and O–H groups in total. The van der Waals surface area contributed by atoms with Gasteiger partial charge in [0, 0.05) is 35.8 Å². The molecule has 4 rings (SSSR count). The summed E-state index contributed by atoms with van der Waals surface area (Å²) in [6.45, 7) is 2.97. The van der Waals surface area contributed by atoms with Gasteiger partial charge in [-0.15, -0.1) is 0 Å². The van der Waals surface area contributed by atoms with Crippen molar-refractivity contribution in [3.05, 3.63) is 53.2 Å². The van der Waals surface area contributed by atoms with Gasteiger partial charge in [-0.25, -0.2) is 4.98 Å². The van der Waals surface area contributed by atoms with Crippen LogP contribution in [0.2, 0.25) is 0 Å². The number of benzene rings is 1. The van der Waals surface area contributed by atoms with Gasteiger partial charge in [0.2, 0.25) is 0 Å². The zero-order valence-corrected chi connectivity index (χ0v) is 16.6. The highest BCUT2D eigenvalue weighted by Gasteiger charge is 2.42. The minimum atomic E-state index is -4.46. The maximum atomic E-state index is 13.5. The molecule has 30 heavy (non-hydrogen) atoms. The van der Waals surface area contributed by atoms with E-state index < -0.39 is 18.1 Å². The third kappa shape index (κ3) is 3.51. The van der Waals surface area contributed by atoms with E-state index in [1.54, 1.807) is 30.1 Å². The molecular formula is C21H20F3N5O. The SMILES string of the molecule is CC(C)[C@H](Nc1nc2ccc(-c3cnn(C)c3)cc2c2c(=O)[nH]ccc12)C(F)(F)F. The molecule has 0 bridgehead atoms. The van der Waals surface area contributed by atoms with Crippen molar-refractivity contribution in [3.8, 4) is 11.1 Å². The van der Waals surface area contributed by atoms with E-state index in [0.717, 1.165) is 11.1 Å². The van der Waals surface area contributed by atoms with Crippen LogP contribution >= 0.6 is 0 Å². The number of alkyl halides is 3. The number of halogens is 3. The fraction of sp³-hybridized carbons (Fsp3) is 0.286. The van der Waals surface area contributed by atoms with E-state index in [0.29, 0.717) is 21.7 Å². The van der Waals surface area contributed by atoms with Crippen molar-refractivity contribution in [2.75, 3.05) is 5.32 Å². The molecule has 3 aromatic heterocycles. The second-order valence-corrected chi connectivity index (χ2v) is 7.60. The molecule has 0 radical (unpaired) electrons. The van der Waals surface area contributed by atoms with E-state index in [9.17, 15) is 18.0 Å². The Kier molecular flexibility index (Phi) is 4.76. The van der Waals surface area contributed by atoms with E-state index in [1.807, 2.05) is 18.3 Å². The fourth-order valence-electron chi connectivity index (χ4n) is 3.59. The summed E-state index contributed by atoms with van der Waals surface area (Å²) in [6.07, 6.45) is 0.496. The lowest BCUT2D eigenvalue weighted by atomic mass is 10.0. The first kappa shape index (κ1) is 19.9. The first-order chi connectivity index (χ1) is 14.1. The molecule has 3 heterocycles. The molecule has 0 saturated heterocycles. The van der Waals surface area contributed by atoms with Gasteiger partial charge in [0.05, 0.1) is 17.1 Å². The summed E-state index contributed by atoms with van der Waals surface area (Å²) < 4.78 is 42.2. The van der Waals surface area contributed by atoms with E-state index in [1.165, 1.54) is 20.0 Å². The van der Waals surface area contributed by atoms with Crippen LogP contribution in [0, 0.1) is 5.92 Å². The van der Waals surface area contributed by atoms with Crippen molar-refractivity contribution >= 4 is 27.5 Å². The number of aromatic amines is 1. The average molecular weight is 415 g/mol. The fourth-order valence-corrected chi connectivity index (χ4v) is 3.59. The molecule has 9 heteroatoms. The van der Waals surface area contributed by atoms with Crippen LogP contribution in [0.1, 0.15) is 13.8 Å². The molecule has 0 amide bonds. The second-order valence-electron chi connectivity index (χ2n) is 7.60. The van der Waals surface area contributed by atoms with Crippen LogP contribution in [0.3, 0.4) is 0 Å². The number of anilines is 1. The molecular weight excluding hydrogens is 395 g/mol. The topological polar surface area (TPSA) is 75.6 Å². The van der Waals surface area contributed by atoms with Gasteiger partial charge >= 0.3 is 6.18 Å². The number of pyridine rings is 2. The summed E-state index contributed by atoms with van der Waals surface area (Å²) in [5.41, 5.74) is 1.73. The van der Waals surface area contributed by atoms with Crippen molar-refractivity contribution in [2.45, 2.75) is 26.1 Å². The highest BCUT2D eigenvalue weighted by atomic mass is 19.4. The number of hydrogen-bond donors (Lipinski definition) is 2. The first-order valence-electron chi connectivity index (χ1n) is 9.42. The van der Waals surface area contributed by atoms with Crippen molar-refractivity contribution in [3.63, 3.8) is 0 Å². The van der Waals surface area contributed by atoms with Crippen molar-refractivity contribution < 1.29 is 13.2 Å². The normalized spacial score (nSPS) is 13.3. The van der Waals surface area contributed by atoms with Gasteiger partial charge in [0.15, 0.2) is 0 Å². The van der Waals surface area contributed by atoms with Crippen LogP contribution in [0.25, 0.3) is 32.8 Å². The lowest BCUT2D eigenvalue weighted by molar-refractivity contribution is -0.150. The standard InChI is InChI=1S/C21H20F3N5O/c1-11(2)18(21(22,23)24)28-19-14-6-7-25-20(30)17(14)15-8-12(4-5-16(15)27-19)13-9-26-29(3)10-13/h4-11,18H,1-3H3,(H,25,30)(H,27,28)/t18-/m0/s1. The maximum Gasteiger partial charge on any atom is 0.408 e. The molecule has 1 atom stereocenters. The van der Waals surface area contributed by atoms with E-state index >= 15 is 0 Å². The monoisotopic (exact) mass is 415 g/mol. The second kappa shape index (κ2) is 7.16. The molecule has 4 aromatic rings. The Hall–Kier alpha value is -3.36. The number of hydrogen-bond acceptors (Lipinski definition) is 4. The van der Waals surface area contributed by atoms with E-state index in [4.69, 9.17) is 0 Å². The summed E-state index contributed by atoms with van der Waals surface area (Å²) >= 11 is 0. The Morgan fingerprint density at radius 3 is 2.53 bits per heavy atom. The Labute approximate surface area is 169 Å². The number of aryl methyl sites for hydroxylation is 1. The quantitative estimate of drug-likeness (QED) is 0.482. The molecule has 0 spiro atoms. The van der Waals surface area contributed by atoms with Gasteiger partial charge in [0.1, 0.15) is 11.9 Å². The van der Waals surface area contributed by atoms with Gasteiger partial charge in [-0.2, -0.15) is 18.3 Å². The minimum Gasteiger partial charge on any atom is -0.358 e. The summed E-state index contributed by atoms with van der Waals surface area (Å²) in [5.74, 6) is -0.679. The van der Waals surface area contributed by atoms with Crippen LogP contribution < -0.4 is 10.9 Å². The van der Waals surface area contributed by atoms with Crippen LogP contribution in [-0.2, 0) is 7.05 Å². The highest BCUT2D eigenvalue weighted by Crippen LogP contribution is 2.34. The lowest BCUT2D eigenvalue weighted by Gasteiger charge is -2.26. The Bertz CT molecular complexity index is 1290. The van der Waals surface area contributed by atoms with E-state index in [-0.39, 0.29) is 11.4 Å². The Morgan fingerprint density at radius 2 is 1.90 bits per heavy atom. The smallest absolute Gasteiger partial charge is 0.358 e. The minimum absolute atomic E-state index is 0.0359. The first-order valence-corrected chi connectivity index (χ1v) is 9.42. The van der Waals surface area contributed by atoms with Gasteiger partial charge in [-0.3, -0.25) is 9.48 Å².